The summed E-state index contributed by atoms with van der Waals surface area (Å²) in [6.07, 6.45) is 3.58. The number of nitrogens with one attached hydrogen (secondary N) is 1. The first-order chi connectivity index (χ1) is 9.11. The molecule has 1 aromatic rings. The molecule has 19 heavy (non-hydrogen) atoms. The zero-order valence-corrected chi connectivity index (χ0v) is 11.8. The molecule has 1 unspecified atom stereocenters. The van der Waals surface area contributed by atoms with Gasteiger partial charge in [0.05, 0.1) is 6.04 Å². The maximum absolute atomic E-state index is 12.4. The number of piperidine rings is 3. The third-order valence-corrected chi connectivity index (χ3v) is 4.44. The van der Waals surface area contributed by atoms with E-state index in [9.17, 15) is 4.79 Å². The molecule has 0 radical (unpaired) electrons. The summed E-state index contributed by atoms with van der Waals surface area (Å²) in [5.74, 6) is 0.939. The number of rotatable bonds is 2. The van der Waals surface area contributed by atoms with Crippen molar-refractivity contribution in [3.05, 3.63) is 29.3 Å². The van der Waals surface area contributed by atoms with E-state index >= 15 is 0 Å². The van der Waals surface area contributed by atoms with Crippen LogP contribution >= 0.6 is 0 Å². The van der Waals surface area contributed by atoms with Crippen LogP contribution in [0.1, 0.15) is 30.4 Å². The summed E-state index contributed by atoms with van der Waals surface area (Å²) in [4.78, 5) is 14.8. The van der Waals surface area contributed by atoms with E-state index in [-0.39, 0.29) is 11.9 Å². The van der Waals surface area contributed by atoms with Crippen molar-refractivity contribution in [3.63, 3.8) is 0 Å². The monoisotopic (exact) mass is 258 g/mol. The maximum Gasteiger partial charge on any atom is 0.241 e. The number of benzene rings is 1. The average Bonchev–Trinajstić information content (AvgIpc) is 2.38. The Hall–Kier alpha value is -1.35. The van der Waals surface area contributed by atoms with Crippen molar-refractivity contribution in [1.82, 2.24) is 4.90 Å². The summed E-state index contributed by atoms with van der Waals surface area (Å²) in [6.45, 7) is 6.31. The molecule has 0 aromatic heterocycles. The molecule has 3 saturated heterocycles. The minimum Gasteiger partial charge on any atom is -0.325 e. The predicted octanol–water partition coefficient (Wildman–Crippen LogP) is 2.73. The van der Waals surface area contributed by atoms with Gasteiger partial charge in [0.2, 0.25) is 5.91 Å². The second-order valence-electron chi connectivity index (χ2n) is 6.10. The Bertz CT molecular complexity index is 469. The smallest absolute Gasteiger partial charge is 0.241 e. The Morgan fingerprint density at radius 1 is 1.16 bits per heavy atom. The summed E-state index contributed by atoms with van der Waals surface area (Å²) in [5.41, 5.74) is 3.33. The van der Waals surface area contributed by atoms with Gasteiger partial charge in [-0.1, -0.05) is 6.07 Å². The van der Waals surface area contributed by atoms with Gasteiger partial charge in [0.25, 0.3) is 0 Å². The van der Waals surface area contributed by atoms with Crippen molar-refractivity contribution in [1.29, 1.82) is 0 Å². The third kappa shape index (κ3) is 2.66. The third-order valence-electron chi connectivity index (χ3n) is 4.44. The van der Waals surface area contributed by atoms with E-state index in [0.717, 1.165) is 31.1 Å². The number of hydrogen-bond acceptors (Lipinski definition) is 2. The number of hydrogen-bond donors (Lipinski definition) is 1. The molecule has 3 heteroatoms. The van der Waals surface area contributed by atoms with Gasteiger partial charge in [0.1, 0.15) is 0 Å². The first-order valence-electron chi connectivity index (χ1n) is 7.25. The molecule has 3 aliphatic heterocycles. The van der Waals surface area contributed by atoms with Gasteiger partial charge in [-0.25, -0.2) is 0 Å². The van der Waals surface area contributed by atoms with Crippen LogP contribution in [0.5, 0.6) is 0 Å². The fraction of sp³-hybridized carbons (Fsp3) is 0.562. The fourth-order valence-electron chi connectivity index (χ4n) is 3.51. The number of carbonyl (C=O) groups excluding carboxylic acids is 1. The number of aryl methyl sites for hydroxylation is 2. The van der Waals surface area contributed by atoms with Crippen LogP contribution in [0.25, 0.3) is 0 Å². The normalized spacial score (nSPS) is 29.3. The lowest BCUT2D eigenvalue weighted by atomic mass is 9.83. The van der Waals surface area contributed by atoms with Crippen molar-refractivity contribution >= 4 is 11.6 Å². The Morgan fingerprint density at radius 2 is 1.79 bits per heavy atom. The second-order valence-corrected chi connectivity index (χ2v) is 6.10. The zero-order valence-electron chi connectivity index (χ0n) is 11.8. The average molecular weight is 258 g/mol. The fourth-order valence-corrected chi connectivity index (χ4v) is 3.51. The summed E-state index contributed by atoms with van der Waals surface area (Å²) >= 11 is 0. The van der Waals surface area contributed by atoms with Crippen LogP contribution in [0.3, 0.4) is 0 Å². The van der Waals surface area contributed by atoms with Crippen molar-refractivity contribution in [2.24, 2.45) is 5.92 Å². The van der Waals surface area contributed by atoms with E-state index < -0.39 is 0 Å². The minimum atomic E-state index is 0.0910. The van der Waals surface area contributed by atoms with Gasteiger partial charge in [-0.15, -0.1) is 0 Å². The summed E-state index contributed by atoms with van der Waals surface area (Å²) in [7, 11) is 0. The van der Waals surface area contributed by atoms with Crippen molar-refractivity contribution in [2.45, 2.75) is 39.2 Å². The summed E-state index contributed by atoms with van der Waals surface area (Å²) in [5, 5.41) is 3.10. The summed E-state index contributed by atoms with van der Waals surface area (Å²) in [6, 6.07) is 6.30. The van der Waals surface area contributed by atoms with Crippen LogP contribution in [0.2, 0.25) is 0 Å². The van der Waals surface area contributed by atoms with Gasteiger partial charge >= 0.3 is 0 Å². The van der Waals surface area contributed by atoms with E-state index in [1.807, 2.05) is 12.1 Å². The molecule has 102 valence electrons. The van der Waals surface area contributed by atoms with Crippen molar-refractivity contribution < 1.29 is 4.79 Å². The lowest BCUT2D eigenvalue weighted by Gasteiger charge is -2.44. The van der Waals surface area contributed by atoms with Gasteiger partial charge in [-0.2, -0.15) is 0 Å². The van der Waals surface area contributed by atoms with Crippen molar-refractivity contribution in [3.8, 4) is 0 Å². The topological polar surface area (TPSA) is 32.3 Å². The molecule has 0 spiro atoms. The highest BCUT2D eigenvalue weighted by Gasteiger charge is 2.37. The molecular weight excluding hydrogens is 236 g/mol. The largest absolute Gasteiger partial charge is 0.325 e. The summed E-state index contributed by atoms with van der Waals surface area (Å²) < 4.78 is 0. The number of amides is 1. The SMILES string of the molecule is Cc1cc(C)cc(NC(=O)C2CC3CCN2CC3)c1. The minimum absolute atomic E-state index is 0.0910. The second kappa shape index (κ2) is 4.97. The van der Waals surface area contributed by atoms with Gasteiger partial charge in [-0.05, 0) is 75.4 Å². The van der Waals surface area contributed by atoms with Gasteiger partial charge < -0.3 is 5.32 Å². The van der Waals surface area contributed by atoms with Crippen LogP contribution in [-0.4, -0.2) is 29.9 Å². The van der Waals surface area contributed by atoms with Crippen LogP contribution in [0, 0.1) is 19.8 Å². The standard InChI is InChI=1S/C16H22N2O/c1-11-7-12(2)9-14(8-11)17-16(19)15-10-13-3-5-18(15)6-4-13/h7-9,13,15H,3-6,10H2,1-2H3,(H,17,19). The van der Waals surface area contributed by atoms with Gasteiger partial charge in [0.15, 0.2) is 0 Å². The Kier molecular flexibility index (Phi) is 3.31. The molecule has 1 N–H and O–H groups in total. The number of carbonyl (C=O) groups is 1. The first-order valence-corrected chi connectivity index (χ1v) is 7.25. The molecule has 2 bridgehead atoms. The first kappa shape index (κ1) is 12.7. The molecule has 3 fully saturated rings. The van der Waals surface area contributed by atoms with Gasteiger partial charge in [0, 0.05) is 5.69 Å². The van der Waals surface area contributed by atoms with Crippen molar-refractivity contribution in [2.75, 3.05) is 18.4 Å². The highest BCUT2D eigenvalue weighted by molar-refractivity contribution is 5.95. The predicted molar refractivity (Wildman–Crippen MR) is 77.2 cm³/mol. The highest BCUT2D eigenvalue weighted by Crippen LogP contribution is 2.32. The van der Waals surface area contributed by atoms with Crippen LogP contribution in [-0.2, 0) is 4.79 Å². The highest BCUT2D eigenvalue weighted by atomic mass is 16.2. The molecule has 3 aliphatic rings. The lowest BCUT2D eigenvalue weighted by molar-refractivity contribution is -0.125. The molecule has 3 heterocycles. The Labute approximate surface area is 115 Å². The zero-order chi connectivity index (χ0) is 13.4. The molecule has 1 amide bonds. The molecule has 1 aromatic carbocycles. The lowest BCUT2D eigenvalue weighted by Crippen LogP contribution is -2.53. The number of anilines is 1. The molecule has 4 rings (SSSR count). The molecular formula is C16H22N2O. The Morgan fingerprint density at radius 3 is 2.32 bits per heavy atom. The van der Waals surface area contributed by atoms with Crippen LogP contribution in [0.15, 0.2) is 18.2 Å². The number of nitrogens with zero attached hydrogens (tertiary/aromatic N) is 1. The molecule has 0 saturated carbocycles. The quantitative estimate of drug-likeness (QED) is 0.884. The molecule has 1 atom stereocenters. The van der Waals surface area contributed by atoms with E-state index in [1.165, 1.54) is 24.0 Å². The van der Waals surface area contributed by atoms with E-state index in [1.54, 1.807) is 0 Å². The van der Waals surface area contributed by atoms with E-state index in [0.29, 0.717) is 0 Å². The Balaban J connectivity index is 1.71. The molecule has 3 nitrogen and oxygen atoms in total. The maximum atomic E-state index is 12.4. The number of fused-ring (bicyclic) bond motifs is 3. The van der Waals surface area contributed by atoms with E-state index in [4.69, 9.17) is 0 Å². The van der Waals surface area contributed by atoms with Crippen LogP contribution in [0.4, 0.5) is 5.69 Å². The van der Waals surface area contributed by atoms with E-state index in [2.05, 4.69) is 30.1 Å². The van der Waals surface area contributed by atoms with Gasteiger partial charge in [-0.3, -0.25) is 9.69 Å². The molecule has 0 aliphatic carbocycles. The van der Waals surface area contributed by atoms with Crippen LogP contribution < -0.4 is 5.32 Å².